The van der Waals surface area contributed by atoms with Crippen LogP contribution in [0.5, 0.6) is 5.75 Å². The maximum Gasteiger partial charge on any atom is 0.258 e. The molecule has 1 heterocycles. The van der Waals surface area contributed by atoms with Gasteiger partial charge in [0.05, 0.1) is 11.1 Å². The third-order valence-electron chi connectivity index (χ3n) is 5.30. The molecule has 0 radical (unpaired) electrons. The summed E-state index contributed by atoms with van der Waals surface area (Å²) in [6.07, 6.45) is 0.336. The quantitative estimate of drug-likeness (QED) is 0.520. The number of para-hydroxylation sites is 1. The fourth-order valence-corrected chi connectivity index (χ4v) is 3.66. The number of aromatic hydroxyl groups is 1. The van der Waals surface area contributed by atoms with E-state index in [0.29, 0.717) is 28.5 Å². The van der Waals surface area contributed by atoms with Crippen molar-refractivity contribution in [2.45, 2.75) is 13.3 Å². The molecule has 3 aromatic carbocycles. The average molecular weight is 383 g/mol. The van der Waals surface area contributed by atoms with Gasteiger partial charge in [-0.05, 0) is 35.7 Å². The summed E-state index contributed by atoms with van der Waals surface area (Å²) in [6.45, 7) is 1.55. The maximum atomic E-state index is 12.8. The second-order valence-corrected chi connectivity index (χ2v) is 7.22. The Balaban J connectivity index is 1.74. The fourth-order valence-electron chi connectivity index (χ4n) is 3.66. The Morgan fingerprint density at radius 2 is 1.66 bits per heavy atom. The second-order valence-electron chi connectivity index (χ2n) is 7.22. The lowest BCUT2D eigenvalue weighted by molar-refractivity contribution is 0.101. The van der Waals surface area contributed by atoms with E-state index >= 15 is 0 Å². The van der Waals surface area contributed by atoms with E-state index in [1.54, 1.807) is 18.5 Å². The lowest BCUT2D eigenvalue weighted by Crippen LogP contribution is -2.21. The number of pyridine rings is 1. The van der Waals surface area contributed by atoms with Crippen molar-refractivity contribution in [1.82, 2.24) is 4.57 Å². The zero-order valence-electron chi connectivity index (χ0n) is 16.3. The van der Waals surface area contributed by atoms with E-state index in [1.165, 1.54) is 0 Å². The van der Waals surface area contributed by atoms with Crippen LogP contribution in [0.2, 0.25) is 0 Å². The van der Waals surface area contributed by atoms with E-state index in [9.17, 15) is 14.7 Å². The summed E-state index contributed by atoms with van der Waals surface area (Å²) in [5.41, 5.74) is 4.49. The van der Waals surface area contributed by atoms with Crippen molar-refractivity contribution in [3.8, 4) is 16.9 Å². The zero-order chi connectivity index (χ0) is 20.5. The summed E-state index contributed by atoms with van der Waals surface area (Å²) in [6, 6.07) is 22.7. The molecule has 0 amide bonds. The number of aryl methyl sites for hydroxylation is 1. The number of fused-ring (bicyclic) bond motifs is 1. The highest BCUT2D eigenvalue weighted by atomic mass is 16.3. The molecular formula is C25H21NO3. The number of ketones is 1. The molecule has 0 saturated heterocycles. The number of carbonyl (C=O) groups is 1. The van der Waals surface area contributed by atoms with Crippen molar-refractivity contribution < 1.29 is 9.90 Å². The molecule has 0 bridgehead atoms. The van der Waals surface area contributed by atoms with Gasteiger partial charge in [-0.2, -0.15) is 0 Å². The van der Waals surface area contributed by atoms with Gasteiger partial charge in [0.25, 0.3) is 5.56 Å². The number of benzene rings is 3. The molecule has 0 saturated carbocycles. The van der Waals surface area contributed by atoms with Crippen molar-refractivity contribution in [3.63, 3.8) is 0 Å². The second kappa shape index (κ2) is 7.40. The smallest absolute Gasteiger partial charge is 0.258 e. The molecule has 1 N–H and O–H groups in total. The Labute approximate surface area is 168 Å². The van der Waals surface area contributed by atoms with Crippen LogP contribution in [0.4, 0.5) is 0 Å². The lowest BCUT2D eigenvalue weighted by atomic mass is 9.97. The molecular weight excluding hydrogens is 362 g/mol. The molecule has 0 atom stereocenters. The zero-order valence-corrected chi connectivity index (χ0v) is 16.3. The molecule has 4 nitrogen and oxygen atoms in total. The van der Waals surface area contributed by atoms with E-state index in [1.807, 2.05) is 72.8 Å². The molecule has 4 aromatic rings. The summed E-state index contributed by atoms with van der Waals surface area (Å²) in [5.74, 6) is 0.0767. The van der Waals surface area contributed by atoms with Crippen molar-refractivity contribution >= 4 is 16.7 Å². The van der Waals surface area contributed by atoms with Crippen molar-refractivity contribution in [2.75, 3.05) is 0 Å². The van der Waals surface area contributed by atoms with Gasteiger partial charge in [-0.1, -0.05) is 60.7 Å². The highest BCUT2D eigenvalue weighted by Gasteiger charge is 2.15. The number of hydrogen-bond donors (Lipinski definition) is 1. The molecule has 0 spiro atoms. The normalized spacial score (nSPS) is 11.0. The predicted molar refractivity (Wildman–Crippen MR) is 116 cm³/mol. The fraction of sp³-hybridized carbons (Fsp3) is 0.120. The molecule has 4 heteroatoms. The molecule has 0 aliphatic rings. The van der Waals surface area contributed by atoms with Crippen molar-refractivity contribution in [3.05, 3.63) is 99.8 Å². The van der Waals surface area contributed by atoms with Crippen molar-refractivity contribution in [2.24, 2.45) is 7.05 Å². The molecule has 0 aliphatic heterocycles. The third-order valence-corrected chi connectivity index (χ3v) is 5.30. The highest BCUT2D eigenvalue weighted by Crippen LogP contribution is 2.28. The Bertz CT molecular complexity index is 1280. The number of Topliss-reactive ketones (excluding diaryl/α,β-unsaturated/α-hetero) is 1. The summed E-state index contributed by atoms with van der Waals surface area (Å²) in [7, 11) is 1.72. The molecule has 0 fully saturated rings. The monoisotopic (exact) mass is 383 g/mol. The number of aromatic nitrogens is 1. The van der Waals surface area contributed by atoms with E-state index in [4.69, 9.17) is 0 Å². The summed E-state index contributed by atoms with van der Waals surface area (Å²) >= 11 is 0. The van der Waals surface area contributed by atoms with Crippen LogP contribution in [-0.2, 0) is 13.5 Å². The molecule has 0 aliphatic carbocycles. The Morgan fingerprint density at radius 3 is 2.38 bits per heavy atom. The van der Waals surface area contributed by atoms with Gasteiger partial charge >= 0.3 is 0 Å². The highest BCUT2D eigenvalue weighted by molar-refractivity contribution is 5.94. The topological polar surface area (TPSA) is 59.3 Å². The molecule has 1 aromatic heterocycles. The van der Waals surface area contributed by atoms with Gasteiger partial charge < -0.3 is 9.67 Å². The standard InChI is InChI=1S/C25H21NO3/c1-16(27)18-10-12-19(13-11-18)20-7-5-6-17(14-20)15-22-24(28)21-8-3-4-9-23(21)26(2)25(22)29/h3-14,28H,15H2,1-2H3. The first-order valence-electron chi connectivity index (χ1n) is 9.45. The Kier molecular flexibility index (Phi) is 4.77. The Morgan fingerprint density at radius 1 is 0.931 bits per heavy atom. The number of nitrogens with zero attached hydrogens (tertiary/aromatic N) is 1. The van der Waals surface area contributed by atoms with Gasteiger partial charge in [-0.3, -0.25) is 9.59 Å². The average Bonchev–Trinajstić information content (AvgIpc) is 2.75. The maximum absolute atomic E-state index is 12.8. The van der Waals surface area contributed by atoms with Crippen LogP contribution in [0.1, 0.15) is 28.4 Å². The summed E-state index contributed by atoms with van der Waals surface area (Å²) < 4.78 is 1.58. The minimum absolute atomic E-state index is 0.0351. The van der Waals surface area contributed by atoms with Crippen molar-refractivity contribution in [1.29, 1.82) is 0 Å². The van der Waals surface area contributed by atoms with Gasteiger partial charge in [0.1, 0.15) is 5.75 Å². The number of hydrogen-bond acceptors (Lipinski definition) is 3. The molecule has 29 heavy (non-hydrogen) atoms. The summed E-state index contributed by atoms with van der Waals surface area (Å²) in [4.78, 5) is 24.3. The first-order valence-corrected chi connectivity index (χ1v) is 9.45. The van der Waals surface area contributed by atoms with Crippen LogP contribution in [0.25, 0.3) is 22.0 Å². The van der Waals surface area contributed by atoms with Gasteiger partial charge in [-0.25, -0.2) is 0 Å². The van der Waals surface area contributed by atoms with Gasteiger partial charge in [0.15, 0.2) is 5.78 Å². The molecule has 144 valence electrons. The van der Waals surface area contributed by atoms with Gasteiger partial charge in [-0.15, -0.1) is 0 Å². The number of rotatable bonds is 4. The Hall–Kier alpha value is -3.66. The van der Waals surface area contributed by atoms with E-state index in [2.05, 4.69) is 0 Å². The van der Waals surface area contributed by atoms with Crippen LogP contribution in [-0.4, -0.2) is 15.5 Å². The van der Waals surface area contributed by atoms with E-state index in [0.717, 1.165) is 16.7 Å². The van der Waals surface area contributed by atoms with E-state index in [-0.39, 0.29) is 17.1 Å². The minimum Gasteiger partial charge on any atom is -0.507 e. The predicted octanol–water partition coefficient (Wildman–Crippen LogP) is 4.70. The van der Waals surface area contributed by atoms with Crippen LogP contribution < -0.4 is 5.56 Å². The summed E-state index contributed by atoms with van der Waals surface area (Å²) in [5, 5.41) is 11.4. The number of carbonyl (C=O) groups excluding carboxylic acids is 1. The van der Waals surface area contributed by atoms with Crippen LogP contribution >= 0.6 is 0 Å². The lowest BCUT2D eigenvalue weighted by Gasteiger charge is -2.12. The van der Waals surface area contributed by atoms with Gasteiger partial charge in [0, 0.05) is 24.4 Å². The van der Waals surface area contributed by atoms with Crippen LogP contribution in [0.15, 0.2) is 77.6 Å². The third kappa shape index (κ3) is 3.45. The first-order chi connectivity index (χ1) is 14.0. The van der Waals surface area contributed by atoms with Gasteiger partial charge in [0.2, 0.25) is 0 Å². The molecule has 4 rings (SSSR count). The van der Waals surface area contributed by atoms with Crippen LogP contribution in [0, 0.1) is 0 Å². The van der Waals surface area contributed by atoms with Crippen LogP contribution in [0.3, 0.4) is 0 Å². The van der Waals surface area contributed by atoms with E-state index < -0.39 is 0 Å². The largest absolute Gasteiger partial charge is 0.507 e. The SMILES string of the molecule is CC(=O)c1ccc(-c2cccc(Cc3c(O)c4ccccc4n(C)c3=O)c2)cc1. The molecule has 0 unspecified atom stereocenters. The minimum atomic E-state index is -0.197. The first kappa shape index (κ1) is 18.7.